The van der Waals surface area contributed by atoms with Gasteiger partial charge in [-0.1, -0.05) is 30.3 Å². The molecule has 234 valence electrons. The van der Waals surface area contributed by atoms with Crippen molar-refractivity contribution in [2.75, 3.05) is 25.0 Å². The highest BCUT2D eigenvalue weighted by atomic mass is 32.2. The summed E-state index contributed by atoms with van der Waals surface area (Å²) in [6, 6.07) is 12.5. The van der Waals surface area contributed by atoms with Crippen LogP contribution in [0.15, 0.2) is 53.4 Å². The zero-order chi connectivity index (χ0) is 31.0. The van der Waals surface area contributed by atoms with Crippen LogP contribution in [0, 0.1) is 11.8 Å². The summed E-state index contributed by atoms with van der Waals surface area (Å²) in [7, 11) is -3.82. The van der Waals surface area contributed by atoms with E-state index in [9.17, 15) is 27.6 Å². The van der Waals surface area contributed by atoms with E-state index in [0.717, 1.165) is 17.5 Å². The molecule has 5 atom stereocenters. The summed E-state index contributed by atoms with van der Waals surface area (Å²) in [6.45, 7) is 2.55. The van der Waals surface area contributed by atoms with E-state index < -0.39 is 28.0 Å². The summed E-state index contributed by atoms with van der Waals surface area (Å²) in [5.74, 6) is -1.07. The Hall–Kier alpha value is -3.77. The highest BCUT2D eigenvalue weighted by Gasteiger charge is 2.47. The molecule has 4 heterocycles. The van der Waals surface area contributed by atoms with Gasteiger partial charge < -0.3 is 20.9 Å². The molecule has 0 aliphatic carbocycles. The predicted molar refractivity (Wildman–Crippen MR) is 163 cm³/mol. The SMILES string of the molecule is C[C@H]1NC(=O)CCC[C@H]2[C@@H]3C[C@H](CN2C(=O)[C@H](Cc2ccccc2)NC1=O)CN(S(=O)(=O)c1ccc2c(c1)CCC(=O)N2)C3. The lowest BCUT2D eigenvalue weighted by atomic mass is 9.78. The van der Waals surface area contributed by atoms with Crippen LogP contribution in [0.2, 0.25) is 0 Å². The molecule has 4 amide bonds. The Balaban J connectivity index is 1.27. The van der Waals surface area contributed by atoms with Crippen molar-refractivity contribution in [2.45, 2.75) is 74.9 Å². The second kappa shape index (κ2) is 12.3. The van der Waals surface area contributed by atoms with E-state index in [1.54, 1.807) is 29.4 Å². The van der Waals surface area contributed by atoms with Gasteiger partial charge in [-0.2, -0.15) is 4.31 Å². The quantitative estimate of drug-likeness (QED) is 0.475. The van der Waals surface area contributed by atoms with Gasteiger partial charge in [0, 0.05) is 50.6 Å². The molecule has 12 heteroatoms. The number of piperidine rings is 2. The minimum absolute atomic E-state index is 0.0659. The highest BCUT2D eigenvalue weighted by Crippen LogP contribution is 2.38. The van der Waals surface area contributed by atoms with E-state index in [1.807, 2.05) is 35.2 Å². The first-order valence-electron chi connectivity index (χ1n) is 15.5. The van der Waals surface area contributed by atoms with Crippen molar-refractivity contribution in [3.63, 3.8) is 0 Å². The molecule has 0 spiro atoms. The zero-order valence-corrected chi connectivity index (χ0v) is 25.6. The highest BCUT2D eigenvalue weighted by molar-refractivity contribution is 7.89. The lowest BCUT2D eigenvalue weighted by Crippen LogP contribution is -2.63. The molecule has 3 fully saturated rings. The predicted octanol–water partition coefficient (Wildman–Crippen LogP) is 1.83. The number of aryl methyl sites for hydroxylation is 1. The summed E-state index contributed by atoms with van der Waals surface area (Å²) in [4.78, 5) is 53.8. The second-order valence-electron chi connectivity index (χ2n) is 12.5. The molecule has 0 aromatic heterocycles. The molecule has 2 aromatic carbocycles. The number of fused-ring (bicyclic) bond motifs is 5. The Morgan fingerprint density at radius 3 is 2.48 bits per heavy atom. The molecule has 4 aliphatic rings. The van der Waals surface area contributed by atoms with Crippen molar-refractivity contribution >= 4 is 39.3 Å². The van der Waals surface area contributed by atoms with Gasteiger partial charge >= 0.3 is 0 Å². The van der Waals surface area contributed by atoms with Gasteiger partial charge in [-0.05, 0) is 73.8 Å². The topological polar surface area (TPSA) is 145 Å². The minimum atomic E-state index is -3.82. The molecule has 2 bridgehead atoms. The van der Waals surface area contributed by atoms with Gasteiger partial charge in [-0.25, -0.2) is 8.42 Å². The fraction of sp³-hybridized carbons (Fsp3) is 0.500. The Kier molecular flexibility index (Phi) is 8.47. The summed E-state index contributed by atoms with van der Waals surface area (Å²) in [6.07, 6.45) is 3.19. The number of benzene rings is 2. The number of carbonyl (C=O) groups is 4. The van der Waals surface area contributed by atoms with E-state index >= 15 is 0 Å². The fourth-order valence-corrected chi connectivity index (χ4v) is 8.81. The third-order valence-corrected chi connectivity index (χ3v) is 11.2. The van der Waals surface area contributed by atoms with Crippen LogP contribution in [0.25, 0.3) is 0 Å². The van der Waals surface area contributed by atoms with Crippen LogP contribution in [0.1, 0.15) is 50.2 Å². The number of nitrogens with one attached hydrogen (secondary N) is 3. The molecule has 3 N–H and O–H groups in total. The van der Waals surface area contributed by atoms with E-state index in [2.05, 4.69) is 16.0 Å². The van der Waals surface area contributed by atoms with E-state index in [0.29, 0.717) is 44.3 Å². The van der Waals surface area contributed by atoms with Crippen LogP contribution in [0.4, 0.5) is 5.69 Å². The smallest absolute Gasteiger partial charge is 0.245 e. The van der Waals surface area contributed by atoms with E-state index in [1.165, 1.54) is 0 Å². The van der Waals surface area contributed by atoms with E-state index in [4.69, 9.17) is 0 Å². The monoisotopic (exact) mass is 621 g/mol. The number of nitrogens with zero attached hydrogens (tertiary/aromatic N) is 2. The van der Waals surface area contributed by atoms with Crippen molar-refractivity contribution < 1.29 is 27.6 Å². The van der Waals surface area contributed by atoms with Crippen molar-refractivity contribution in [3.05, 3.63) is 59.7 Å². The van der Waals surface area contributed by atoms with Crippen molar-refractivity contribution in [2.24, 2.45) is 11.8 Å². The number of anilines is 1. The van der Waals surface area contributed by atoms with Gasteiger partial charge in [0.05, 0.1) is 4.90 Å². The van der Waals surface area contributed by atoms with Crippen LogP contribution in [-0.4, -0.2) is 79.0 Å². The normalized spacial score (nSPS) is 28.4. The largest absolute Gasteiger partial charge is 0.345 e. The van der Waals surface area contributed by atoms with Crippen LogP contribution < -0.4 is 16.0 Å². The summed E-state index contributed by atoms with van der Waals surface area (Å²) >= 11 is 0. The molecule has 4 aliphatic heterocycles. The van der Waals surface area contributed by atoms with Gasteiger partial charge in [0.2, 0.25) is 33.7 Å². The van der Waals surface area contributed by atoms with Gasteiger partial charge in [-0.3, -0.25) is 19.2 Å². The lowest BCUT2D eigenvalue weighted by Gasteiger charge is -2.51. The Morgan fingerprint density at radius 2 is 1.68 bits per heavy atom. The number of amides is 4. The first-order chi connectivity index (χ1) is 21.1. The van der Waals surface area contributed by atoms with Gasteiger partial charge in [0.25, 0.3) is 0 Å². The molecule has 0 saturated carbocycles. The van der Waals surface area contributed by atoms with Crippen molar-refractivity contribution in [1.82, 2.24) is 19.8 Å². The Labute approximate surface area is 257 Å². The van der Waals surface area contributed by atoms with Gasteiger partial charge in [0.1, 0.15) is 12.1 Å². The van der Waals surface area contributed by atoms with Crippen molar-refractivity contribution in [3.8, 4) is 0 Å². The molecule has 0 unspecified atom stereocenters. The number of sulfonamides is 1. The van der Waals surface area contributed by atoms with Crippen LogP contribution >= 0.6 is 0 Å². The maximum absolute atomic E-state index is 14.3. The molecular formula is C32H39N5O6S. The summed E-state index contributed by atoms with van der Waals surface area (Å²) in [5, 5.41) is 8.45. The Morgan fingerprint density at radius 1 is 0.886 bits per heavy atom. The van der Waals surface area contributed by atoms with Gasteiger partial charge in [-0.15, -0.1) is 0 Å². The first-order valence-corrected chi connectivity index (χ1v) is 16.9. The summed E-state index contributed by atoms with van der Waals surface area (Å²) in [5.41, 5.74) is 2.36. The van der Waals surface area contributed by atoms with Crippen molar-refractivity contribution in [1.29, 1.82) is 0 Å². The molecule has 6 rings (SSSR count). The minimum Gasteiger partial charge on any atom is -0.345 e. The molecular weight excluding hydrogens is 582 g/mol. The van der Waals surface area contributed by atoms with Gasteiger partial charge in [0.15, 0.2) is 0 Å². The molecule has 3 saturated heterocycles. The van der Waals surface area contributed by atoms with Crippen LogP contribution in [0.3, 0.4) is 0 Å². The standard InChI is InChI=1S/C32H39N5O6S/c1-20-31(40)35-27(15-21-6-3-2-4-7-21)32(41)37-18-22-14-24(28(37)8-5-9-29(38)33-20)19-36(17-22)44(42,43)25-11-12-26-23(16-25)10-13-30(39)34-26/h2-4,6-7,11-12,16,20,22,24,27-28H,5,8-10,13-15,17-19H2,1H3,(H,33,38)(H,34,39)(H,35,40)/t20-,22+,24-,27+,28+/m1/s1. The number of hydrogen-bond acceptors (Lipinski definition) is 6. The van der Waals surface area contributed by atoms with Crippen LogP contribution in [0.5, 0.6) is 0 Å². The third-order valence-electron chi connectivity index (χ3n) is 9.40. The fourth-order valence-electron chi connectivity index (χ4n) is 7.19. The third kappa shape index (κ3) is 6.23. The van der Waals surface area contributed by atoms with Crippen LogP contribution in [-0.2, 0) is 42.0 Å². The average Bonchev–Trinajstić information content (AvgIpc) is 3.00. The number of hydrogen-bond donors (Lipinski definition) is 3. The second-order valence-corrected chi connectivity index (χ2v) is 14.5. The summed E-state index contributed by atoms with van der Waals surface area (Å²) < 4.78 is 29.4. The maximum Gasteiger partial charge on any atom is 0.245 e. The lowest BCUT2D eigenvalue weighted by molar-refractivity contribution is -0.145. The Bertz CT molecular complexity index is 1560. The molecule has 44 heavy (non-hydrogen) atoms. The van der Waals surface area contributed by atoms with E-state index in [-0.39, 0.29) is 60.0 Å². The number of rotatable bonds is 4. The first kappa shape index (κ1) is 30.3. The molecule has 11 nitrogen and oxygen atoms in total. The average molecular weight is 622 g/mol. The maximum atomic E-state index is 14.3. The molecule has 2 aromatic rings. The molecule has 0 radical (unpaired) electrons. The zero-order valence-electron chi connectivity index (χ0n) is 24.8. The number of carbonyl (C=O) groups excluding carboxylic acids is 4.